The molecule has 2 aromatic heterocycles. The number of benzene rings is 1. The van der Waals surface area contributed by atoms with Crippen molar-refractivity contribution in [3.05, 3.63) is 52.1 Å². The zero-order valence-corrected chi connectivity index (χ0v) is 62.5. The van der Waals surface area contributed by atoms with Crippen molar-refractivity contribution in [1.82, 2.24) is 67.8 Å². The first-order valence-corrected chi connectivity index (χ1v) is 35.9. The second-order valence-electron chi connectivity index (χ2n) is 26.4. The van der Waals surface area contributed by atoms with E-state index in [9.17, 15) is 179 Å². The van der Waals surface area contributed by atoms with Crippen LogP contribution in [0.4, 0.5) is 11.6 Å². The Morgan fingerprint density at radius 3 is 1.07 bits per heavy atom. The van der Waals surface area contributed by atoms with Gasteiger partial charge in [-0.1, -0.05) is 0 Å². The third-order valence-electron chi connectivity index (χ3n) is 17.4. The summed E-state index contributed by atoms with van der Waals surface area (Å²) < 4.78 is 0. The van der Waals surface area contributed by atoms with Crippen LogP contribution in [0.2, 0.25) is 0 Å². The first-order valence-electron chi connectivity index (χ1n) is 35.3. The molecule has 654 valence electrons. The molecule has 0 saturated heterocycles. The lowest BCUT2D eigenvalue weighted by molar-refractivity contribution is -0.142. The summed E-state index contributed by atoms with van der Waals surface area (Å²) in [6, 6.07) is -13.7. The predicted molar refractivity (Wildman–Crippen MR) is 391 cm³/mol. The van der Waals surface area contributed by atoms with Crippen molar-refractivity contribution in [1.29, 1.82) is 0 Å². The first-order chi connectivity index (χ1) is 54.9. The molecular formula is C65H97N15O36S. The van der Waals surface area contributed by atoms with Crippen LogP contribution in [0.15, 0.2) is 35.3 Å². The van der Waals surface area contributed by atoms with Crippen LogP contribution < -0.4 is 64.5 Å². The highest BCUT2D eigenvalue weighted by molar-refractivity contribution is 7.80. The summed E-state index contributed by atoms with van der Waals surface area (Å²) in [6.45, 7) is -5.19. The molecule has 3 rings (SSSR count). The van der Waals surface area contributed by atoms with E-state index in [0.29, 0.717) is 11.4 Å². The number of carboxylic acid groups (broad SMARTS) is 5. The number of H-pyrrole nitrogens is 1. The number of hydrogen-bond acceptors (Lipinski definition) is 37. The topological polar surface area (TPSA) is 882 Å². The van der Waals surface area contributed by atoms with Gasteiger partial charge in [-0.25, -0.2) is 19.6 Å². The zero-order valence-electron chi connectivity index (χ0n) is 61.6. The fraction of sp³-hybridized carbons (Fsp3) is 0.600. The van der Waals surface area contributed by atoms with Gasteiger partial charge in [0.15, 0.2) is 11.2 Å². The van der Waals surface area contributed by atoms with Crippen LogP contribution in [0.1, 0.15) is 93.1 Å². The van der Waals surface area contributed by atoms with E-state index in [1.807, 2.05) is 37.2 Å². The Labute approximate surface area is 664 Å². The molecule has 0 radical (unpaired) electrons. The molecule has 117 heavy (non-hydrogen) atoms. The number of carbonyl (C=O) groups excluding carboxylic acids is 9. The molecule has 34 N–H and O–H groups in total. The van der Waals surface area contributed by atoms with Crippen molar-refractivity contribution < 1.29 is 174 Å². The van der Waals surface area contributed by atoms with E-state index >= 15 is 0 Å². The Morgan fingerprint density at radius 1 is 0.410 bits per heavy atom. The number of anilines is 2. The minimum Gasteiger partial charge on any atom is -0.481 e. The van der Waals surface area contributed by atoms with E-state index in [4.69, 9.17) is 5.73 Å². The average Bonchev–Trinajstić information content (AvgIpc) is 0.812. The summed E-state index contributed by atoms with van der Waals surface area (Å²) in [5, 5.41) is 237. The molecule has 0 bridgehead atoms. The largest absolute Gasteiger partial charge is 0.481 e. The smallest absolute Gasteiger partial charge is 0.327 e. The highest BCUT2D eigenvalue weighted by Gasteiger charge is 2.42. The van der Waals surface area contributed by atoms with Gasteiger partial charge in [-0.3, -0.25) is 67.3 Å². The number of aromatic amines is 1. The van der Waals surface area contributed by atoms with Gasteiger partial charge in [0.25, 0.3) is 11.5 Å². The van der Waals surface area contributed by atoms with Gasteiger partial charge in [0, 0.05) is 68.4 Å². The van der Waals surface area contributed by atoms with Crippen molar-refractivity contribution in [2.45, 2.75) is 211 Å². The van der Waals surface area contributed by atoms with E-state index < -0.39 is 325 Å². The maximum atomic E-state index is 14.3. The molecule has 9 amide bonds. The van der Waals surface area contributed by atoms with Gasteiger partial charge >= 0.3 is 29.8 Å². The standard InChI is InChI=1S/C65H97N15O36S/c66-65-79-57-48(62(112)80-65)69-26(18-68-57)17-67-25-3-1-24(2-4-25)58(108)75-30(63(113)114)5-9-40(89)73-31(49(100)53(104)36(85)19-81)13-41(90)70-27(6-10-45(94)95)59(109)76-32(50(101)54(105)37(86)20-82)14-42(91)71-28(7-11-46(96)97)60(110)77-33(51(102)55(106)38(87)21-83)15-43(92)72-29(8-12-47(98)99)61(111)78-34(52(103)56(107)39(88)22-84)16-44(93)74-35(23-117)64(115)116/h1-4,18,27-39,49-56,67,81-88,100-107,117H,5-17,19-23H2,(H,70,90)(H,71,91)(H,72,92)(H,73,89)(H,74,93)(H,75,108)(H,76,109)(H,77,110)(H,78,111)(H,94,95)(H,96,97)(H,98,99)(H,113,114)(H,115,116)(H3,66,68,79,80,112)/t27-,28-,29-,30-,31+,32+,33+,34+,35-,36+,37+,38+,39+,49+,50+,51+,52+,53+,54+,55+,56+/m0/s1. The quantitative estimate of drug-likeness (QED) is 0.0233. The van der Waals surface area contributed by atoms with Gasteiger partial charge in [0.05, 0.1) is 69.0 Å². The van der Waals surface area contributed by atoms with Gasteiger partial charge in [-0.05, 0) is 49.9 Å². The molecule has 1 aromatic carbocycles. The van der Waals surface area contributed by atoms with Gasteiger partial charge in [0.1, 0.15) is 103 Å². The van der Waals surface area contributed by atoms with Crippen LogP contribution in [0.3, 0.4) is 0 Å². The Balaban J connectivity index is 1.95. The number of hydrogen-bond donors (Lipinski definition) is 34. The lowest BCUT2D eigenvalue weighted by atomic mass is 9.96. The number of aliphatic hydroxyl groups is 16. The van der Waals surface area contributed by atoms with Crippen molar-refractivity contribution >= 4 is 118 Å². The Bertz CT molecular complexity index is 3930. The molecule has 0 unspecified atom stereocenters. The van der Waals surface area contributed by atoms with Crippen LogP contribution in [-0.2, 0) is 68.9 Å². The van der Waals surface area contributed by atoms with E-state index in [2.05, 4.69) is 48.5 Å². The fourth-order valence-corrected chi connectivity index (χ4v) is 11.1. The van der Waals surface area contributed by atoms with E-state index in [0.717, 1.165) is 0 Å². The van der Waals surface area contributed by atoms with E-state index in [-0.39, 0.29) is 29.2 Å². The average molecular weight is 1700 g/mol. The number of nitrogens with two attached hydrogens (primary N) is 1. The number of nitrogen functional groups attached to an aromatic ring is 1. The van der Waals surface area contributed by atoms with Crippen molar-refractivity contribution in [2.24, 2.45) is 0 Å². The number of nitrogens with zero attached hydrogens (tertiary/aromatic N) is 3. The number of rotatable bonds is 55. The number of fused-ring (bicyclic) bond motifs is 1. The highest BCUT2D eigenvalue weighted by atomic mass is 32.1. The second-order valence-corrected chi connectivity index (χ2v) is 26.7. The summed E-state index contributed by atoms with van der Waals surface area (Å²) in [7, 11) is 0. The number of carboxylic acids is 5. The van der Waals surface area contributed by atoms with Gasteiger partial charge in [0.2, 0.25) is 53.2 Å². The molecule has 52 heteroatoms. The maximum Gasteiger partial charge on any atom is 0.327 e. The van der Waals surface area contributed by atoms with Crippen LogP contribution in [0, 0.1) is 0 Å². The summed E-state index contributed by atoms with van der Waals surface area (Å²) >= 11 is 3.80. The molecule has 0 fully saturated rings. The number of aromatic nitrogens is 4. The summed E-state index contributed by atoms with van der Waals surface area (Å²) in [4.78, 5) is 211. The molecule has 0 aliphatic rings. The lowest BCUT2D eigenvalue weighted by Crippen LogP contribution is -2.60. The highest BCUT2D eigenvalue weighted by Crippen LogP contribution is 2.19. The Morgan fingerprint density at radius 2 is 0.744 bits per heavy atom. The molecule has 51 nitrogen and oxygen atoms in total. The van der Waals surface area contributed by atoms with Crippen LogP contribution >= 0.6 is 12.6 Å². The van der Waals surface area contributed by atoms with Crippen molar-refractivity contribution in [2.75, 3.05) is 43.2 Å². The third-order valence-corrected chi connectivity index (χ3v) is 17.8. The van der Waals surface area contributed by atoms with Crippen molar-refractivity contribution in [3.8, 4) is 0 Å². The van der Waals surface area contributed by atoms with Gasteiger partial charge < -0.3 is 166 Å². The number of thiol groups is 1. The van der Waals surface area contributed by atoms with Crippen LogP contribution in [0.5, 0.6) is 0 Å². The zero-order chi connectivity index (χ0) is 88.4. The molecule has 2 heterocycles. The molecule has 21 atom stereocenters. The first kappa shape index (κ1) is 101. The van der Waals surface area contributed by atoms with Gasteiger partial charge in [-0.15, -0.1) is 0 Å². The maximum absolute atomic E-state index is 14.3. The number of aliphatic carboxylic acids is 5. The molecule has 0 aliphatic carbocycles. The lowest BCUT2D eigenvalue weighted by Gasteiger charge is -2.32. The number of aliphatic hydroxyl groups excluding tert-OH is 16. The third kappa shape index (κ3) is 33.5. The monoisotopic (exact) mass is 1700 g/mol. The number of amides is 9. The molecule has 0 spiro atoms. The minimum absolute atomic E-state index is 0.0118. The summed E-state index contributed by atoms with van der Waals surface area (Å²) in [5.74, 6) is -21.9. The van der Waals surface area contributed by atoms with Crippen LogP contribution in [-0.4, -0.2) is 370 Å². The SMILES string of the molecule is Nc1nc2ncc(CNc3ccc(C(=O)N[C@@H](CCC(=O)N[C@H](CC(=O)N[C@@H](CCC(=O)O)C(=O)N[C@H](CC(=O)N[C@@H](CCC(=O)O)C(=O)N[C@H](CC(=O)N[C@@H](CCC(=O)O)C(=O)N[C@H](CC(=O)N[C@@H](CS)C(=O)O)[C@@H](O)[C@H](O)[C@H](O)CO)[C@@H](O)[C@H](O)[C@H](O)CO)[C@@H](O)[C@H](O)[C@H](O)CO)[C@@H](O)[C@H](O)[C@H](O)CO)C(=O)O)cc3)nc2c(=O)[nH]1. The minimum atomic E-state index is -2.66. The van der Waals surface area contributed by atoms with Crippen LogP contribution in [0.25, 0.3) is 11.2 Å². The Kier molecular flexibility index (Phi) is 42.4. The van der Waals surface area contributed by atoms with Crippen molar-refractivity contribution in [3.63, 3.8) is 0 Å². The van der Waals surface area contributed by atoms with E-state index in [1.54, 1.807) is 0 Å². The molecule has 0 saturated carbocycles. The fourth-order valence-electron chi connectivity index (χ4n) is 10.8. The molecule has 0 aliphatic heterocycles. The number of nitrogens with one attached hydrogen (secondary N) is 11. The van der Waals surface area contributed by atoms with Gasteiger partial charge in [-0.2, -0.15) is 17.6 Å². The predicted octanol–water partition coefficient (Wildman–Crippen LogP) is -14.8. The molecule has 3 aromatic rings. The van der Waals surface area contributed by atoms with E-state index in [1.165, 1.54) is 30.5 Å². The summed E-state index contributed by atoms with van der Waals surface area (Å²) in [6.07, 6.45) is -40.9. The number of carbonyl (C=O) groups is 14. The second kappa shape index (κ2) is 49.4. The Hall–Kier alpha value is -10.7. The normalized spacial score (nSPS) is 16.9. The molecular weight excluding hydrogens is 1600 g/mol. The summed E-state index contributed by atoms with van der Waals surface area (Å²) in [5.41, 5.74) is 5.38.